The molecule has 0 saturated heterocycles. The van der Waals surface area contributed by atoms with Gasteiger partial charge in [-0.25, -0.2) is 0 Å². The second-order valence-corrected chi connectivity index (χ2v) is 8.44. The van der Waals surface area contributed by atoms with Crippen molar-refractivity contribution in [1.29, 1.82) is 0 Å². The van der Waals surface area contributed by atoms with Crippen LogP contribution in [0.3, 0.4) is 0 Å². The van der Waals surface area contributed by atoms with Gasteiger partial charge in [0.25, 0.3) is 0 Å². The number of primary amides is 1. The topological polar surface area (TPSA) is 110 Å². The van der Waals surface area contributed by atoms with Crippen LogP contribution in [0.25, 0.3) is 0 Å². The Balaban J connectivity index is 2.23. The van der Waals surface area contributed by atoms with Gasteiger partial charge in [-0.15, -0.1) is 0 Å². The molecule has 6 nitrogen and oxygen atoms in total. The van der Waals surface area contributed by atoms with E-state index >= 15 is 0 Å². The van der Waals surface area contributed by atoms with Crippen LogP contribution < -0.4 is 11.5 Å². The molecule has 2 aromatic rings. The number of nitrogens with zero attached hydrogens (tertiary/aromatic N) is 1. The summed E-state index contributed by atoms with van der Waals surface area (Å²) in [7, 11) is 0. The Morgan fingerprint density at radius 3 is 2.23 bits per heavy atom. The van der Waals surface area contributed by atoms with Gasteiger partial charge in [-0.1, -0.05) is 37.3 Å². The maximum absolute atomic E-state index is 13.4. The van der Waals surface area contributed by atoms with E-state index < -0.39 is 17.5 Å². The van der Waals surface area contributed by atoms with E-state index in [0.717, 1.165) is 23.1 Å². The fourth-order valence-electron chi connectivity index (χ4n) is 3.98. The van der Waals surface area contributed by atoms with Crippen molar-refractivity contribution in [2.75, 3.05) is 6.54 Å². The highest BCUT2D eigenvalue weighted by molar-refractivity contribution is 5.92. The quantitative estimate of drug-likeness (QED) is 0.543. The average Bonchev–Trinajstić information content (AvgIpc) is 2.73. The Morgan fingerprint density at radius 1 is 1.13 bits per heavy atom. The molecule has 0 aromatic heterocycles. The van der Waals surface area contributed by atoms with Crippen LogP contribution in [0.5, 0.6) is 5.75 Å². The summed E-state index contributed by atoms with van der Waals surface area (Å²) in [6.07, 6.45) is 2.21. The van der Waals surface area contributed by atoms with Crippen molar-refractivity contribution in [1.82, 2.24) is 4.90 Å². The number of aryl methyl sites for hydroxylation is 3. The van der Waals surface area contributed by atoms with Gasteiger partial charge >= 0.3 is 0 Å². The third-order valence-electron chi connectivity index (χ3n) is 6.19. The summed E-state index contributed by atoms with van der Waals surface area (Å²) < 4.78 is 0. The predicted molar refractivity (Wildman–Crippen MR) is 124 cm³/mol. The van der Waals surface area contributed by atoms with Crippen LogP contribution in [0.4, 0.5) is 0 Å². The number of phenols is 1. The Hall–Kier alpha value is -2.86. The van der Waals surface area contributed by atoms with Gasteiger partial charge in [-0.05, 0) is 80.8 Å². The molecule has 0 fully saturated rings. The first kappa shape index (κ1) is 24.4. The van der Waals surface area contributed by atoms with Crippen LogP contribution in [-0.2, 0) is 22.4 Å². The average molecular weight is 426 g/mol. The van der Waals surface area contributed by atoms with Crippen molar-refractivity contribution in [2.24, 2.45) is 11.5 Å². The highest BCUT2D eigenvalue weighted by atomic mass is 16.3. The van der Waals surface area contributed by atoms with Crippen molar-refractivity contribution in [3.8, 4) is 5.75 Å². The van der Waals surface area contributed by atoms with Gasteiger partial charge in [0.1, 0.15) is 11.3 Å². The Kier molecular flexibility index (Phi) is 8.22. The molecular weight excluding hydrogens is 390 g/mol. The molecule has 0 radical (unpaired) electrons. The minimum absolute atomic E-state index is 0.188. The number of hydrogen-bond acceptors (Lipinski definition) is 4. The number of nitrogens with two attached hydrogens (primary N) is 2. The smallest absolute Gasteiger partial charge is 0.243 e. The summed E-state index contributed by atoms with van der Waals surface area (Å²) in [5.41, 5.74) is 14.8. The lowest BCUT2D eigenvalue weighted by Crippen LogP contribution is -2.61. The molecule has 0 saturated carbocycles. The predicted octanol–water partition coefficient (Wildman–Crippen LogP) is 2.99. The van der Waals surface area contributed by atoms with E-state index in [2.05, 4.69) is 0 Å². The second-order valence-electron chi connectivity index (χ2n) is 8.44. The van der Waals surface area contributed by atoms with Crippen molar-refractivity contribution in [2.45, 2.75) is 65.0 Å². The number of aromatic hydroxyl groups is 1. The maximum Gasteiger partial charge on any atom is 0.243 e. The van der Waals surface area contributed by atoms with E-state index in [1.54, 1.807) is 24.0 Å². The van der Waals surface area contributed by atoms with Crippen molar-refractivity contribution in [3.63, 3.8) is 0 Å². The zero-order chi connectivity index (χ0) is 23.2. The molecule has 2 aromatic carbocycles. The van der Waals surface area contributed by atoms with Crippen LogP contribution in [0.15, 0.2) is 42.5 Å². The number of carbonyl (C=O) groups excluding carboxylic acids is 2. The molecule has 0 spiro atoms. The van der Waals surface area contributed by atoms with Crippen LogP contribution in [0, 0.1) is 13.8 Å². The van der Waals surface area contributed by atoms with Crippen molar-refractivity contribution >= 4 is 11.8 Å². The van der Waals surface area contributed by atoms with Gasteiger partial charge in [-0.2, -0.15) is 0 Å². The number of carbonyl (C=O) groups is 2. The SMILES string of the molecule is CC[C@](C)(C(N)=O)N(CCCc1ccccc1)C(=O)[C@@H](N)Cc1c(C)cc(O)cc1C. The molecule has 5 N–H and O–H groups in total. The van der Waals surface area contributed by atoms with Crippen LogP contribution in [0.2, 0.25) is 0 Å². The summed E-state index contributed by atoms with van der Waals surface area (Å²) in [5, 5.41) is 9.78. The largest absolute Gasteiger partial charge is 0.508 e. The zero-order valence-electron chi connectivity index (χ0n) is 19.0. The highest BCUT2D eigenvalue weighted by Gasteiger charge is 2.40. The normalized spacial score (nSPS) is 14.0. The first-order chi connectivity index (χ1) is 14.6. The van der Waals surface area contributed by atoms with E-state index in [4.69, 9.17) is 11.5 Å². The molecule has 168 valence electrons. The van der Waals surface area contributed by atoms with E-state index in [9.17, 15) is 14.7 Å². The summed E-state index contributed by atoms with van der Waals surface area (Å²) in [6, 6.07) is 12.5. The van der Waals surface area contributed by atoms with Gasteiger partial charge in [0.15, 0.2) is 0 Å². The molecule has 0 bridgehead atoms. The third kappa shape index (κ3) is 5.85. The van der Waals surface area contributed by atoms with Gasteiger partial charge in [0.2, 0.25) is 11.8 Å². The molecule has 0 aliphatic rings. The second kappa shape index (κ2) is 10.4. The zero-order valence-corrected chi connectivity index (χ0v) is 19.0. The standard InChI is InChI=1S/C25H35N3O3/c1-5-25(4,24(27)31)28(13-9-12-19-10-7-6-8-11-19)23(30)22(26)16-21-17(2)14-20(29)15-18(21)3/h6-8,10-11,14-15,22,29H,5,9,12-13,16,26H2,1-4H3,(H2,27,31)/t22-,25+/m0/s1. The molecule has 2 atom stereocenters. The molecule has 0 aliphatic heterocycles. The number of phenolic OH excluding ortho intramolecular Hbond substituents is 1. The van der Waals surface area contributed by atoms with Crippen LogP contribution in [0.1, 0.15) is 48.9 Å². The Labute approximate surface area is 185 Å². The minimum Gasteiger partial charge on any atom is -0.508 e. The van der Waals surface area contributed by atoms with E-state index in [-0.39, 0.29) is 11.7 Å². The number of benzene rings is 2. The lowest BCUT2D eigenvalue weighted by molar-refractivity contribution is -0.146. The number of amides is 2. The Bertz CT molecular complexity index is 890. The summed E-state index contributed by atoms with van der Waals surface area (Å²) in [5.74, 6) is -0.635. The molecule has 0 unspecified atom stereocenters. The summed E-state index contributed by atoms with van der Waals surface area (Å²) in [6.45, 7) is 7.72. The fourth-order valence-corrected chi connectivity index (χ4v) is 3.98. The van der Waals surface area contributed by atoms with Crippen molar-refractivity contribution in [3.05, 3.63) is 64.7 Å². The monoisotopic (exact) mass is 425 g/mol. The van der Waals surface area contributed by atoms with E-state index in [1.807, 2.05) is 51.1 Å². The first-order valence-corrected chi connectivity index (χ1v) is 10.8. The van der Waals surface area contributed by atoms with E-state index in [1.165, 1.54) is 5.56 Å². The van der Waals surface area contributed by atoms with Crippen LogP contribution in [-0.4, -0.2) is 39.9 Å². The Morgan fingerprint density at radius 2 is 1.71 bits per heavy atom. The molecular formula is C25H35N3O3. The molecule has 0 aliphatic carbocycles. The lowest BCUT2D eigenvalue weighted by atomic mass is 9.91. The van der Waals surface area contributed by atoms with Gasteiger partial charge in [-0.3, -0.25) is 9.59 Å². The molecule has 6 heteroatoms. The highest BCUT2D eigenvalue weighted by Crippen LogP contribution is 2.25. The summed E-state index contributed by atoms with van der Waals surface area (Å²) >= 11 is 0. The van der Waals surface area contributed by atoms with Crippen LogP contribution >= 0.6 is 0 Å². The third-order valence-corrected chi connectivity index (χ3v) is 6.19. The molecule has 2 rings (SSSR count). The van der Waals surface area contributed by atoms with Crippen molar-refractivity contribution < 1.29 is 14.7 Å². The first-order valence-electron chi connectivity index (χ1n) is 10.8. The van der Waals surface area contributed by atoms with Gasteiger partial charge in [0, 0.05) is 6.54 Å². The number of rotatable bonds is 10. The van der Waals surface area contributed by atoms with Gasteiger partial charge in [0.05, 0.1) is 6.04 Å². The fraction of sp³-hybridized carbons (Fsp3) is 0.440. The number of hydrogen-bond donors (Lipinski definition) is 3. The molecule has 0 heterocycles. The lowest BCUT2D eigenvalue weighted by Gasteiger charge is -2.40. The molecule has 31 heavy (non-hydrogen) atoms. The molecule has 2 amide bonds. The minimum atomic E-state index is -1.11. The summed E-state index contributed by atoms with van der Waals surface area (Å²) in [4.78, 5) is 27.3. The van der Waals surface area contributed by atoms with Gasteiger partial charge < -0.3 is 21.5 Å². The maximum atomic E-state index is 13.4. The van der Waals surface area contributed by atoms with E-state index in [0.29, 0.717) is 25.8 Å².